The maximum absolute atomic E-state index is 13.5. The summed E-state index contributed by atoms with van der Waals surface area (Å²) in [4.78, 5) is 12.8. The molecule has 3 fully saturated rings. The molecule has 1 aliphatic carbocycles. The third-order valence-electron chi connectivity index (χ3n) is 7.29. The molecule has 1 saturated carbocycles. The number of ether oxygens (including phenoxy) is 2. The Kier molecular flexibility index (Phi) is 8.63. The number of carbonyl (C=O) groups excluding carboxylic acids is 1. The Balaban J connectivity index is 1.40. The van der Waals surface area contributed by atoms with Crippen molar-refractivity contribution in [3.05, 3.63) is 29.8 Å². The van der Waals surface area contributed by atoms with Crippen LogP contribution in [-0.2, 0) is 24.3 Å². The summed E-state index contributed by atoms with van der Waals surface area (Å²) >= 11 is 0. The van der Waals surface area contributed by atoms with Crippen LogP contribution in [-0.4, -0.2) is 74.4 Å². The van der Waals surface area contributed by atoms with Crippen molar-refractivity contribution in [2.45, 2.75) is 87.5 Å². The van der Waals surface area contributed by atoms with Gasteiger partial charge in [0.1, 0.15) is 0 Å². The van der Waals surface area contributed by atoms with Crippen LogP contribution in [0.5, 0.6) is 0 Å². The lowest BCUT2D eigenvalue weighted by molar-refractivity contribution is -0.146. The zero-order valence-electron chi connectivity index (χ0n) is 20.0. The van der Waals surface area contributed by atoms with Gasteiger partial charge in [-0.25, -0.2) is 8.42 Å². The molecule has 8 nitrogen and oxygen atoms in total. The van der Waals surface area contributed by atoms with Crippen molar-refractivity contribution < 1.29 is 27.8 Å². The first-order valence-electron chi connectivity index (χ1n) is 12.6. The summed E-state index contributed by atoms with van der Waals surface area (Å²) in [5, 5.41) is 13.4. The van der Waals surface area contributed by atoms with Gasteiger partial charge in [0.2, 0.25) is 15.9 Å². The Morgan fingerprint density at radius 2 is 1.82 bits per heavy atom. The van der Waals surface area contributed by atoms with Crippen LogP contribution in [0.25, 0.3) is 0 Å². The molecule has 2 N–H and O–H groups in total. The molecule has 190 valence electrons. The van der Waals surface area contributed by atoms with Crippen molar-refractivity contribution in [3.63, 3.8) is 0 Å². The molecule has 4 atom stereocenters. The van der Waals surface area contributed by atoms with Gasteiger partial charge >= 0.3 is 0 Å². The zero-order chi connectivity index (χ0) is 24.1. The van der Waals surface area contributed by atoms with Crippen molar-refractivity contribution in [3.8, 4) is 0 Å². The van der Waals surface area contributed by atoms with Crippen LogP contribution in [0, 0.1) is 12.8 Å². The smallest absolute Gasteiger partial charge is 0.243 e. The minimum absolute atomic E-state index is 0.0136. The summed E-state index contributed by atoms with van der Waals surface area (Å²) in [6.07, 6.45) is 5.85. The van der Waals surface area contributed by atoms with Crippen molar-refractivity contribution in [1.29, 1.82) is 0 Å². The standard InChI is InChI=1S/C25H38N2O6S/c1-18-7-10-22(11-8-18)34(30,31)27-15-20(28)16-32-17-24-23(27)12-9-21(33-24)13-25(29)26-14-19-5-3-2-4-6-19/h7-8,10-11,19-21,23-24,28H,2-6,9,12-17H2,1H3,(H,26,29)/t20-,21+,23+,24-/m0/s1. The second-order valence-corrected chi connectivity index (χ2v) is 11.9. The van der Waals surface area contributed by atoms with E-state index in [1.807, 2.05) is 6.92 Å². The predicted octanol–water partition coefficient (Wildman–Crippen LogP) is 2.38. The number of fused-ring (bicyclic) bond motifs is 1. The van der Waals surface area contributed by atoms with Crippen LogP contribution < -0.4 is 5.32 Å². The fraction of sp³-hybridized carbons (Fsp3) is 0.720. The highest BCUT2D eigenvalue weighted by Crippen LogP contribution is 2.31. The normalized spacial score (nSPS) is 29.6. The third-order valence-corrected chi connectivity index (χ3v) is 9.19. The quantitative estimate of drug-likeness (QED) is 0.629. The Morgan fingerprint density at radius 1 is 1.09 bits per heavy atom. The van der Waals surface area contributed by atoms with Crippen LogP contribution in [0.3, 0.4) is 0 Å². The summed E-state index contributed by atoms with van der Waals surface area (Å²) < 4.78 is 40.3. The van der Waals surface area contributed by atoms with E-state index < -0.39 is 28.3 Å². The minimum Gasteiger partial charge on any atom is -0.389 e. The highest BCUT2D eigenvalue weighted by atomic mass is 32.2. The summed E-state index contributed by atoms with van der Waals surface area (Å²) in [5.74, 6) is 0.556. The summed E-state index contributed by atoms with van der Waals surface area (Å²) in [6.45, 7) is 2.80. The number of sulfonamides is 1. The molecule has 1 aromatic rings. The largest absolute Gasteiger partial charge is 0.389 e. The number of carbonyl (C=O) groups is 1. The first-order valence-corrected chi connectivity index (χ1v) is 14.0. The van der Waals surface area contributed by atoms with E-state index in [4.69, 9.17) is 9.47 Å². The van der Waals surface area contributed by atoms with Crippen LogP contribution >= 0.6 is 0 Å². The lowest BCUT2D eigenvalue weighted by Gasteiger charge is -2.43. The van der Waals surface area contributed by atoms with E-state index in [0.717, 1.165) is 12.1 Å². The maximum atomic E-state index is 13.5. The number of aryl methyl sites for hydroxylation is 1. The van der Waals surface area contributed by atoms with E-state index in [2.05, 4.69) is 5.32 Å². The highest BCUT2D eigenvalue weighted by Gasteiger charge is 2.43. The van der Waals surface area contributed by atoms with Crippen LogP contribution in [0.1, 0.15) is 56.9 Å². The molecule has 0 bridgehead atoms. The van der Waals surface area contributed by atoms with Gasteiger partial charge in [-0.2, -0.15) is 4.31 Å². The molecule has 4 rings (SSSR count). The average molecular weight is 495 g/mol. The molecule has 1 aromatic carbocycles. The Bertz CT molecular complexity index is 916. The number of aliphatic hydroxyl groups excluding tert-OH is 1. The molecular formula is C25H38N2O6S. The molecule has 1 amide bonds. The van der Waals surface area contributed by atoms with Crippen molar-refractivity contribution in [2.75, 3.05) is 26.3 Å². The lowest BCUT2D eigenvalue weighted by atomic mass is 9.89. The topological polar surface area (TPSA) is 105 Å². The number of nitrogens with zero attached hydrogens (tertiary/aromatic N) is 1. The highest BCUT2D eigenvalue weighted by molar-refractivity contribution is 7.89. The molecule has 0 aromatic heterocycles. The third kappa shape index (κ3) is 6.37. The molecule has 2 heterocycles. The maximum Gasteiger partial charge on any atom is 0.243 e. The molecular weight excluding hydrogens is 456 g/mol. The van der Waals surface area contributed by atoms with Gasteiger partial charge in [-0.3, -0.25) is 4.79 Å². The van der Waals surface area contributed by atoms with Gasteiger partial charge in [0.25, 0.3) is 0 Å². The minimum atomic E-state index is -3.82. The summed E-state index contributed by atoms with van der Waals surface area (Å²) in [6, 6.07) is 6.29. The van der Waals surface area contributed by atoms with Crippen LogP contribution in [0.15, 0.2) is 29.2 Å². The second kappa shape index (κ2) is 11.5. The second-order valence-electron chi connectivity index (χ2n) is 10.0. The first kappa shape index (κ1) is 25.6. The van der Waals surface area contributed by atoms with Gasteiger partial charge < -0.3 is 19.9 Å². The fourth-order valence-electron chi connectivity index (χ4n) is 5.34. The Morgan fingerprint density at radius 3 is 2.56 bits per heavy atom. The molecule has 0 spiro atoms. The molecule has 0 radical (unpaired) electrons. The first-order chi connectivity index (χ1) is 16.3. The number of β-amino-alcohol motifs (C(OH)–C–C–N with tert-alkyl or cyclic N) is 1. The van der Waals surface area contributed by atoms with E-state index in [-0.39, 0.29) is 43.1 Å². The summed E-state index contributed by atoms with van der Waals surface area (Å²) in [7, 11) is -3.82. The monoisotopic (exact) mass is 494 g/mol. The van der Waals surface area contributed by atoms with Gasteiger partial charge in [0.05, 0.1) is 48.9 Å². The average Bonchev–Trinajstić information content (AvgIpc) is 2.81. The number of nitrogens with one attached hydrogen (secondary N) is 1. The molecule has 2 aliphatic heterocycles. The van der Waals surface area contributed by atoms with E-state index >= 15 is 0 Å². The van der Waals surface area contributed by atoms with Crippen LogP contribution in [0.4, 0.5) is 0 Å². The molecule has 34 heavy (non-hydrogen) atoms. The Hall–Kier alpha value is -1.52. The van der Waals surface area contributed by atoms with E-state index in [0.29, 0.717) is 18.8 Å². The number of rotatable bonds is 6. The van der Waals surface area contributed by atoms with Gasteiger partial charge in [0.15, 0.2) is 0 Å². The molecule has 0 unspecified atom stereocenters. The van der Waals surface area contributed by atoms with E-state index in [1.54, 1.807) is 24.3 Å². The predicted molar refractivity (Wildman–Crippen MR) is 128 cm³/mol. The zero-order valence-corrected chi connectivity index (χ0v) is 20.8. The van der Waals surface area contributed by atoms with Crippen molar-refractivity contribution in [2.24, 2.45) is 5.92 Å². The van der Waals surface area contributed by atoms with Gasteiger partial charge in [-0.15, -0.1) is 0 Å². The molecule has 9 heteroatoms. The van der Waals surface area contributed by atoms with Gasteiger partial charge in [-0.1, -0.05) is 37.0 Å². The van der Waals surface area contributed by atoms with Crippen molar-refractivity contribution in [1.82, 2.24) is 9.62 Å². The number of amides is 1. The Labute approximate surface area is 203 Å². The number of hydrogen-bond acceptors (Lipinski definition) is 6. The van der Waals surface area contributed by atoms with E-state index in [9.17, 15) is 18.3 Å². The SMILES string of the molecule is Cc1ccc(S(=O)(=O)N2C[C@H](O)COC[C@@H]3O[C@@H](CC(=O)NCC4CCCCC4)CC[C@H]32)cc1. The lowest BCUT2D eigenvalue weighted by Crippen LogP contribution is -2.57. The van der Waals surface area contributed by atoms with E-state index in [1.165, 1.54) is 36.4 Å². The molecule has 3 aliphatic rings. The van der Waals surface area contributed by atoms with Crippen LogP contribution in [0.2, 0.25) is 0 Å². The molecule has 2 saturated heterocycles. The van der Waals surface area contributed by atoms with Gasteiger partial charge in [-0.05, 0) is 50.7 Å². The number of benzene rings is 1. The summed E-state index contributed by atoms with van der Waals surface area (Å²) in [5.41, 5.74) is 0.975. The van der Waals surface area contributed by atoms with Crippen molar-refractivity contribution >= 4 is 15.9 Å². The number of hydrogen-bond donors (Lipinski definition) is 2. The fourth-order valence-corrected chi connectivity index (χ4v) is 7.06. The van der Waals surface area contributed by atoms with Gasteiger partial charge in [0, 0.05) is 13.1 Å². The number of aliphatic hydroxyl groups is 1.